The van der Waals surface area contributed by atoms with Crippen LogP contribution >= 0.6 is 34.5 Å². The monoisotopic (exact) mass is 271 g/mol. The SMILES string of the molecule is CC(Nc1c(Cl)cccc1Cl)c1cccs1. The Hall–Kier alpha value is -0.700. The Morgan fingerprint density at radius 2 is 1.81 bits per heavy atom. The maximum atomic E-state index is 6.09. The van der Waals surface area contributed by atoms with E-state index in [0.29, 0.717) is 10.0 Å². The van der Waals surface area contributed by atoms with E-state index in [9.17, 15) is 0 Å². The van der Waals surface area contributed by atoms with Gasteiger partial charge in [-0.05, 0) is 30.5 Å². The molecule has 0 bridgehead atoms. The van der Waals surface area contributed by atoms with Crippen molar-refractivity contribution in [3.8, 4) is 0 Å². The number of hydrogen-bond donors (Lipinski definition) is 1. The summed E-state index contributed by atoms with van der Waals surface area (Å²) in [6, 6.07) is 9.83. The Kier molecular flexibility index (Phi) is 3.74. The molecule has 0 radical (unpaired) electrons. The lowest BCUT2D eigenvalue weighted by molar-refractivity contribution is 0.908. The first-order valence-electron chi connectivity index (χ1n) is 4.92. The minimum atomic E-state index is 0.206. The van der Waals surface area contributed by atoms with Crippen LogP contribution in [0.5, 0.6) is 0 Å². The molecule has 1 heterocycles. The Balaban J connectivity index is 2.21. The van der Waals surface area contributed by atoms with E-state index >= 15 is 0 Å². The highest BCUT2D eigenvalue weighted by molar-refractivity contribution is 7.10. The first-order chi connectivity index (χ1) is 7.68. The third-order valence-corrected chi connectivity index (χ3v) is 3.98. The minimum absolute atomic E-state index is 0.206. The third kappa shape index (κ3) is 2.51. The molecular formula is C12H11Cl2NS. The summed E-state index contributed by atoms with van der Waals surface area (Å²) in [6.07, 6.45) is 0. The molecule has 1 nitrogen and oxygen atoms in total. The first kappa shape index (κ1) is 11.8. The van der Waals surface area contributed by atoms with Crippen LogP contribution in [-0.2, 0) is 0 Å². The largest absolute Gasteiger partial charge is 0.375 e. The molecule has 0 aliphatic carbocycles. The number of para-hydroxylation sites is 1. The van der Waals surface area contributed by atoms with Gasteiger partial charge in [-0.2, -0.15) is 0 Å². The molecule has 1 unspecified atom stereocenters. The van der Waals surface area contributed by atoms with Crippen LogP contribution in [-0.4, -0.2) is 0 Å². The van der Waals surface area contributed by atoms with Gasteiger partial charge in [0, 0.05) is 4.88 Å². The molecule has 0 aliphatic heterocycles. The maximum Gasteiger partial charge on any atom is 0.0723 e. The number of benzene rings is 1. The molecule has 0 fully saturated rings. The molecule has 16 heavy (non-hydrogen) atoms. The van der Waals surface area contributed by atoms with Crippen LogP contribution in [0.1, 0.15) is 17.8 Å². The molecule has 4 heteroatoms. The van der Waals surface area contributed by atoms with Crippen molar-refractivity contribution in [3.05, 3.63) is 50.6 Å². The highest BCUT2D eigenvalue weighted by atomic mass is 35.5. The van der Waals surface area contributed by atoms with E-state index in [1.54, 1.807) is 11.3 Å². The van der Waals surface area contributed by atoms with Gasteiger partial charge in [0.1, 0.15) is 0 Å². The smallest absolute Gasteiger partial charge is 0.0723 e. The fourth-order valence-corrected chi connectivity index (χ4v) is 2.70. The van der Waals surface area contributed by atoms with Crippen LogP contribution < -0.4 is 5.32 Å². The summed E-state index contributed by atoms with van der Waals surface area (Å²) < 4.78 is 0. The second-order valence-electron chi connectivity index (χ2n) is 3.48. The average molecular weight is 272 g/mol. The van der Waals surface area contributed by atoms with Gasteiger partial charge in [-0.25, -0.2) is 0 Å². The molecule has 0 spiro atoms. The Bertz CT molecular complexity index is 448. The van der Waals surface area contributed by atoms with Gasteiger partial charge in [-0.1, -0.05) is 35.3 Å². The molecule has 0 saturated carbocycles. The predicted molar refractivity (Wildman–Crippen MR) is 72.8 cm³/mol. The molecule has 2 aromatic rings. The van der Waals surface area contributed by atoms with Crippen LogP contribution in [0.3, 0.4) is 0 Å². The van der Waals surface area contributed by atoms with Gasteiger partial charge >= 0.3 is 0 Å². The van der Waals surface area contributed by atoms with Crippen LogP contribution in [0.2, 0.25) is 10.0 Å². The van der Waals surface area contributed by atoms with Gasteiger partial charge in [-0.3, -0.25) is 0 Å². The topological polar surface area (TPSA) is 12.0 Å². The summed E-state index contributed by atoms with van der Waals surface area (Å²) in [7, 11) is 0. The third-order valence-electron chi connectivity index (χ3n) is 2.29. The Labute approximate surface area is 109 Å². The number of rotatable bonds is 3. The zero-order chi connectivity index (χ0) is 11.5. The van der Waals surface area contributed by atoms with E-state index in [0.717, 1.165) is 5.69 Å². The number of hydrogen-bond acceptors (Lipinski definition) is 2. The molecule has 1 aromatic heterocycles. The number of halogens is 2. The van der Waals surface area contributed by atoms with Crippen LogP contribution in [0.4, 0.5) is 5.69 Å². The maximum absolute atomic E-state index is 6.09. The van der Waals surface area contributed by atoms with E-state index in [1.807, 2.05) is 24.3 Å². The van der Waals surface area contributed by atoms with Crippen LogP contribution in [0.15, 0.2) is 35.7 Å². The van der Waals surface area contributed by atoms with Crippen LogP contribution in [0.25, 0.3) is 0 Å². The van der Waals surface area contributed by atoms with Crippen molar-refractivity contribution in [2.45, 2.75) is 13.0 Å². The summed E-state index contributed by atoms with van der Waals surface area (Å²) in [5, 5.41) is 6.68. The van der Waals surface area contributed by atoms with Gasteiger partial charge in [0.25, 0.3) is 0 Å². The number of anilines is 1. The summed E-state index contributed by atoms with van der Waals surface area (Å²) in [4.78, 5) is 1.26. The second kappa shape index (κ2) is 5.09. The summed E-state index contributed by atoms with van der Waals surface area (Å²) in [5.74, 6) is 0. The van der Waals surface area contributed by atoms with E-state index in [2.05, 4.69) is 23.7 Å². The normalized spacial score (nSPS) is 12.4. The summed E-state index contributed by atoms with van der Waals surface area (Å²) in [5.41, 5.74) is 0.798. The molecule has 1 atom stereocenters. The molecule has 1 aromatic carbocycles. The van der Waals surface area contributed by atoms with Gasteiger partial charge in [0.15, 0.2) is 0 Å². The summed E-state index contributed by atoms with van der Waals surface area (Å²) >= 11 is 13.9. The summed E-state index contributed by atoms with van der Waals surface area (Å²) in [6.45, 7) is 2.09. The molecule has 2 rings (SSSR count). The lowest BCUT2D eigenvalue weighted by Crippen LogP contribution is -2.05. The first-order valence-corrected chi connectivity index (χ1v) is 6.56. The lowest BCUT2D eigenvalue weighted by atomic mass is 10.2. The second-order valence-corrected chi connectivity index (χ2v) is 5.27. The number of thiophene rings is 1. The predicted octanol–water partition coefficient (Wildman–Crippen LogP) is 5.23. The zero-order valence-corrected chi connectivity index (χ0v) is 11.0. The van der Waals surface area contributed by atoms with Crippen molar-refractivity contribution in [1.82, 2.24) is 0 Å². The average Bonchev–Trinajstić information content (AvgIpc) is 2.76. The zero-order valence-electron chi connectivity index (χ0n) is 8.71. The fraction of sp³-hybridized carbons (Fsp3) is 0.167. The van der Waals surface area contributed by atoms with E-state index < -0.39 is 0 Å². The molecule has 0 saturated heterocycles. The van der Waals surface area contributed by atoms with Crippen molar-refractivity contribution >= 4 is 40.2 Å². The van der Waals surface area contributed by atoms with Crippen molar-refractivity contribution < 1.29 is 0 Å². The van der Waals surface area contributed by atoms with Gasteiger partial charge in [0.05, 0.1) is 21.8 Å². The standard InChI is InChI=1S/C12H11Cl2NS/c1-8(11-6-3-7-16-11)15-12-9(13)4-2-5-10(12)14/h2-8,15H,1H3. The molecular weight excluding hydrogens is 261 g/mol. The van der Waals surface area contributed by atoms with Gasteiger partial charge < -0.3 is 5.32 Å². The van der Waals surface area contributed by atoms with Gasteiger partial charge in [0.2, 0.25) is 0 Å². The van der Waals surface area contributed by atoms with Crippen molar-refractivity contribution in [2.24, 2.45) is 0 Å². The van der Waals surface area contributed by atoms with Gasteiger partial charge in [-0.15, -0.1) is 11.3 Å². The highest BCUT2D eigenvalue weighted by Gasteiger charge is 2.10. The Morgan fingerprint density at radius 1 is 1.12 bits per heavy atom. The molecule has 0 amide bonds. The van der Waals surface area contributed by atoms with E-state index in [1.165, 1.54) is 4.88 Å². The molecule has 84 valence electrons. The van der Waals surface area contributed by atoms with E-state index in [4.69, 9.17) is 23.2 Å². The Morgan fingerprint density at radius 3 is 2.38 bits per heavy atom. The fourth-order valence-electron chi connectivity index (χ4n) is 1.46. The molecule has 0 aliphatic rings. The van der Waals surface area contributed by atoms with Crippen molar-refractivity contribution in [3.63, 3.8) is 0 Å². The highest BCUT2D eigenvalue weighted by Crippen LogP contribution is 2.33. The van der Waals surface area contributed by atoms with E-state index in [-0.39, 0.29) is 6.04 Å². The quantitative estimate of drug-likeness (QED) is 0.806. The lowest BCUT2D eigenvalue weighted by Gasteiger charge is -2.16. The minimum Gasteiger partial charge on any atom is -0.375 e. The number of nitrogens with one attached hydrogen (secondary N) is 1. The van der Waals surface area contributed by atoms with Crippen molar-refractivity contribution in [1.29, 1.82) is 0 Å². The van der Waals surface area contributed by atoms with Crippen molar-refractivity contribution in [2.75, 3.05) is 5.32 Å². The van der Waals surface area contributed by atoms with Crippen LogP contribution in [0, 0.1) is 0 Å². The molecule has 1 N–H and O–H groups in total.